The molecule has 5 nitrogen and oxygen atoms in total. The molecule has 0 radical (unpaired) electrons. The van der Waals surface area contributed by atoms with Gasteiger partial charge in [0.2, 0.25) is 0 Å². The highest BCUT2D eigenvalue weighted by molar-refractivity contribution is 7.98. The number of fused-ring (bicyclic) bond motifs is 3. The van der Waals surface area contributed by atoms with Gasteiger partial charge in [0.15, 0.2) is 11.0 Å². The molecule has 0 unspecified atom stereocenters. The summed E-state index contributed by atoms with van der Waals surface area (Å²) >= 11 is 1.59. The first-order valence-electron chi connectivity index (χ1n) is 10.2. The number of nitrogens with zero attached hydrogens (tertiary/aromatic N) is 3. The van der Waals surface area contributed by atoms with E-state index in [1.54, 1.807) is 17.8 Å². The standard InChI is InChI=1S/C25H21N3O2S/c1-3-28-24(18-9-6-7-16(2)13-18)26-27-25(28)31-15-19-14-22(29)30-21-12-11-17-8-4-5-10-20(17)23(19)21/h4-14H,3,15H2,1-2H3. The predicted octanol–water partition coefficient (Wildman–Crippen LogP) is 5.83. The van der Waals surface area contributed by atoms with Crippen molar-refractivity contribution in [3.63, 3.8) is 0 Å². The van der Waals surface area contributed by atoms with Crippen molar-refractivity contribution in [2.24, 2.45) is 0 Å². The van der Waals surface area contributed by atoms with E-state index in [1.165, 1.54) is 5.56 Å². The van der Waals surface area contributed by atoms with Crippen LogP contribution >= 0.6 is 11.8 Å². The maximum atomic E-state index is 12.2. The van der Waals surface area contributed by atoms with Crippen LogP contribution in [0.2, 0.25) is 0 Å². The quantitative estimate of drug-likeness (QED) is 0.201. The second-order valence-corrected chi connectivity index (χ2v) is 8.40. The summed E-state index contributed by atoms with van der Waals surface area (Å²) in [5.74, 6) is 1.46. The van der Waals surface area contributed by atoms with Crippen LogP contribution in [0.4, 0.5) is 0 Å². The molecule has 5 rings (SSSR count). The Morgan fingerprint density at radius 2 is 1.87 bits per heavy atom. The minimum Gasteiger partial charge on any atom is -0.423 e. The van der Waals surface area contributed by atoms with E-state index < -0.39 is 0 Å². The first kappa shape index (κ1) is 19.6. The first-order chi connectivity index (χ1) is 15.1. The zero-order valence-electron chi connectivity index (χ0n) is 17.3. The molecule has 0 saturated heterocycles. The number of aromatic nitrogens is 3. The largest absolute Gasteiger partial charge is 0.423 e. The molecule has 0 amide bonds. The number of benzene rings is 3. The van der Waals surface area contributed by atoms with Crippen LogP contribution in [0.3, 0.4) is 0 Å². The summed E-state index contributed by atoms with van der Waals surface area (Å²) in [6, 6.07) is 21.9. The lowest BCUT2D eigenvalue weighted by Crippen LogP contribution is -2.02. The molecule has 154 valence electrons. The van der Waals surface area contributed by atoms with Crippen LogP contribution < -0.4 is 5.63 Å². The van der Waals surface area contributed by atoms with E-state index in [1.807, 2.05) is 30.3 Å². The van der Waals surface area contributed by atoms with Gasteiger partial charge in [0.1, 0.15) is 5.58 Å². The highest BCUT2D eigenvalue weighted by Gasteiger charge is 2.15. The Labute approximate surface area is 183 Å². The predicted molar refractivity (Wildman–Crippen MR) is 125 cm³/mol. The van der Waals surface area contributed by atoms with E-state index in [0.717, 1.165) is 44.8 Å². The van der Waals surface area contributed by atoms with E-state index in [9.17, 15) is 4.79 Å². The zero-order chi connectivity index (χ0) is 21.4. The molecule has 0 saturated carbocycles. The van der Waals surface area contributed by atoms with Gasteiger partial charge in [-0.1, -0.05) is 65.9 Å². The molecular formula is C25H21N3O2S. The van der Waals surface area contributed by atoms with Crippen molar-refractivity contribution in [2.45, 2.75) is 31.3 Å². The van der Waals surface area contributed by atoms with Crippen LogP contribution in [0.25, 0.3) is 33.1 Å². The lowest BCUT2D eigenvalue weighted by molar-refractivity contribution is 0.560. The number of thioether (sulfide) groups is 1. The van der Waals surface area contributed by atoms with Gasteiger partial charge >= 0.3 is 5.63 Å². The highest BCUT2D eigenvalue weighted by atomic mass is 32.2. The van der Waals surface area contributed by atoms with Crippen molar-refractivity contribution in [3.8, 4) is 11.4 Å². The maximum Gasteiger partial charge on any atom is 0.336 e. The van der Waals surface area contributed by atoms with Crippen LogP contribution in [0, 0.1) is 6.92 Å². The van der Waals surface area contributed by atoms with Gasteiger partial charge in [-0.25, -0.2) is 4.79 Å². The molecule has 31 heavy (non-hydrogen) atoms. The molecular weight excluding hydrogens is 406 g/mol. The third-order valence-corrected chi connectivity index (χ3v) is 6.40. The molecule has 2 heterocycles. The van der Waals surface area contributed by atoms with E-state index in [0.29, 0.717) is 11.3 Å². The smallest absolute Gasteiger partial charge is 0.336 e. The molecule has 5 aromatic rings. The Kier molecular flexibility index (Phi) is 5.08. The molecule has 0 aliphatic carbocycles. The fourth-order valence-electron chi connectivity index (χ4n) is 3.95. The molecule has 0 aliphatic heterocycles. The van der Waals surface area contributed by atoms with E-state index in [2.05, 4.69) is 58.9 Å². The van der Waals surface area contributed by atoms with Crippen LogP contribution in [-0.4, -0.2) is 14.8 Å². The molecule has 6 heteroatoms. The summed E-state index contributed by atoms with van der Waals surface area (Å²) in [6.45, 7) is 4.92. The summed E-state index contributed by atoms with van der Waals surface area (Å²) in [5.41, 5.74) is 3.45. The Bertz CT molecular complexity index is 1470. The van der Waals surface area contributed by atoms with Crippen LogP contribution in [-0.2, 0) is 12.3 Å². The number of hydrogen-bond donors (Lipinski definition) is 0. The summed E-state index contributed by atoms with van der Waals surface area (Å²) in [5, 5.41) is 12.9. The van der Waals surface area contributed by atoms with Crippen molar-refractivity contribution in [3.05, 3.63) is 88.3 Å². The highest BCUT2D eigenvalue weighted by Crippen LogP contribution is 2.32. The normalized spacial score (nSPS) is 11.4. The molecule has 2 aromatic heterocycles. The van der Waals surface area contributed by atoms with Gasteiger partial charge < -0.3 is 8.98 Å². The average Bonchev–Trinajstić information content (AvgIpc) is 3.20. The number of aryl methyl sites for hydroxylation is 1. The van der Waals surface area contributed by atoms with Crippen molar-refractivity contribution in [1.82, 2.24) is 14.8 Å². The SMILES string of the molecule is CCn1c(SCc2cc(=O)oc3ccc4ccccc4c23)nnc1-c1cccc(C)c1. The molecule has 0 aliphatic rings. The van der Waals surface area contributed by atoms with Gasteiger partial charge in [0.05, 0.1) is 0 Å². The van der Waals surface area contributed by atoms with Gasteiger partial charge in [-0.3, -0.25) is 0 Å². The Morgan fingerprint density at radius 1 is 1.00 bits per heavy atom. The third-order valence-electron chi connectivity index (χ3n) is 5.38. The van der Waals surface area contributed by atoms with Gasteiger partial charge in [0, 0.05) is 29.3 Å². The van der Waals surface area contributed by atoms with Crippen molar-refractivity contribution < 1.29 is 4.42 Å². The van der Waals surface area contributed by atoms with Gasteiger partial charge in [-0.2, -0.15) is 0 Å². The van der Waals surface area contributed by atoms with Crippen LogP contribution in [0.1, 0.15) is 18.1 Å². The van der Waals surface area contributed by atoms with E-state index in [4.69, 9.17) is 4.42 Å². The second kappa shape index (κ2) is 8.04. The topological polar surface area (TPSA) is 60.9 Å². The summed E-state index contributed by atoms with van der Waals surface area (Å²) in [7, 11) is 0. The van der Waals surface area contributed by atoms with Crippen molar-refractivity contribution >= 4 is 33.5 Å². The Hall–Kier alpha value is -3.38. The minimum absolute atomic E-state index is 0.337. The fourth-order valence-corrected chi connectivity index (χ4v) is 4.94. The van der Waals surface area contributed by atoms with Crippen LogP contribution in [0.15, 0.2) is 81.1 Å². The minimum atomic E-state index is -0.337. The summed E-state index contributed by atoms with van der Waals surface area (Å²) in [6.07, 6.45) is 0. The monoisotopic (exact) mass is 427 g/mol. The fraction of sp³-hybridized carbons (Fsp3) is 0.160. The number of hydrogen-bond acceptors (Lipinski definition) is 5. The van der Waals surface area contributed by atoms with Crippen LogP contribution in [0.5, 0.6) is 0 Å². The first-order valence-corrected chi connectivity index (χ1v) is 11.2. The second-order valence-electron chi connectivity index (χ2n) is 7.46. The number of rotatable bonds is 5. The Balaban J connectivity index is 1.55. The Morgan fingerprint density at radius 3 is 2.71 bits per heavy atom. The van der Waals surface area contributed by atoms with Gasteiger partial charge in [-0.15, -0.1) is 10.2 Å². The lowest BCUT2D eigenvalue weighted by atomic mass is 10.0. The zero-order valence-corrected chi connectivity index (χ0v) is 18.1. The summed E-state index contributed by atoms with van der Waals surface area (Å²) < 4.78 is 7.60. The third kappa shape index (κ3) is 3.64. The van der Waals surface area contributed by atoms with Crippen molar-refractivity contribution in [2.75, 3.05) is 0 Å². The molecule has 0 N–H and O–H groups in total. The van der Waals surface area contributed by atoms with Gasteiger partial charge in [0.25, 0.3) is 0 Å². The summed E-state index contributed by atoms with van der Waals surface area (Å²) in [4.78, 5) is 12.2. The van der Waals surface area contributed by atoms with E-state index >= 15 is 0 Å². The van der Waals surface area contributed by atoms with Gasteiger partial charge in [-0.05, 0) is 42.3 Å². The molecule has 0 spiro atoms. The molecule has 0 fully saturated rings. The molecule has 3 aromatic carbocycles. The maximum absolute atomic E-state index is 12.2. The molecule has 0 bridgehead atoms. The molecule has 0 atom stereocenters. The van der Waals surface area contributed by atoms with E-state index in [-0.39, 0.29) is 5.63 Å². The average molecular weight is 428 g/mol. The van der Waals surface area contributed by atoms with Crippen molar-refractivity contribution in [1.29, 1.82) is 0 Å². The lowest BCUT2D eigenvalue weighted by Gasteiger charge is -2.10.